The van der Waals surface area contributed by atoms with Gasteiger partial charge in [0.05, 0.1) is 37.0 Å². The van der Waals surface area contributed by atoms with E-state index in [4.69, 9.17) is 23.4 Å². The summed E-state index contributed by atoms with van der Waals surface area (Å²) >= 11 is 0. The number of carbonyl (C=O) groups excluding carboxylic acids is 3. The molecule has 1 aromatic heterocycles. The molecule has 1 aromatic carbocycles. The van der Waals surface area contributed by atoms with Crippen LogP contribution >= 0.6 is 0 Å². The third kappa shape index (κ3) is 6.37. The van der Waals surface area contributed by atoms with Gasteiger partial charge in [0, 0.05) is 47.4 Å². The van der Waals surface area contributed by atoms with Crippen LogP contribution in [0.3, 0.4) is 0 Å². The Morgan fingerprint density at radius 3 is 2.62 bits per heavy atom. The number of nitrogens with one attached hydrogen (secondary N) is 1. The number of ketones is 1. The lowest BCUT2D eigenvalue weighted by molar-refractivity contribution is -0.276. The maximum atomic E-state index is 16.0. The van der Waals surface area contributed by atoms with Gasteiger partial charge in [-0.25, -0.2) is 4.79 Å². The first-order chi connectivity index (χ1) is 32.8. The summed E-state index contributed by atoms with van der Waals surface area (Å²) in [6.07, 6.45) is 13.3. The summed E-state index contributed by atoms with van der Waals surface area (Å²) in [5, 5.41) is 28.4. The van der Waals surface area contributed by atoms with Crippen molar-refractivity contribution in [1.82, 2.24) is 10.2 Å². The van der Waals surface area contributed by atoms with Crippen LogP contribution in [0.1, 0.15) is 128 Å². The van der Waals surface area contributed by atoms with Crippen LogP contribution in [-0.4, -0.2) is 94.8 Å². The second-order valence-electron chi connectivity index (χ2n) is 24.4. The van der Waals surface area contributed by atoms with E-state index in [1.54, 1.807) is 6.26 Å². The number of ether oxygens (including phenoxy) is 4. The zero-order valence-electron chi connectivity index (χ0n) is 40.6. The molecule has 10 aliphatic rings. The number of fused-ring (bicyclic) bond motifs is 4. The van der Waals surface area contributed by atoms with Crippen molar-refractivity contribution in [2.24, 2.45) is 69.5 Å². The average molecular weight is 935 g/mol. The van der Waals surface area contributed by atoms with Gasteiger partial charge in [-0.3, -0.25) is 14.9 Å². The van der Waals surface area contributed by atoms with Crippen LogP contribution in [-0.2, 0) is 46.2 Å². The highest BCUT2D eigenvalue weighted by molar-refractivity contribution is 5.92. The Bertz CT molecular complexity index is 2320. The number of epoxide rings is 1. The van der Waals surface area contributed by atoms with Crippen molar-refractivity contribution in [3.63, 3.8) is 0 Å². The minimum Gasteiger partial charge on any atom is -0.469 e. The molecule has 68 heavy (non-hydrogen) atoms. The molecular weight excluding hydrogens is 861 g/mol. The maximum absolute atomic E-state index is 16.0. The SMILES string of the molecule is CC(C)CC[C@]1(C)O[C@H]2CC(=O)OC[C@]23[C@H]2CC[C@@]4(C)[C@H](c5ccoc5C[C@H](CO)[C@H]5CC[C@@H]6[C@H](C=CN7CNC[C@@H]67)C5)OC(=O)[C@H]5O[C@]54[C@]2([C@H]2CCC[C@@H](Cc4ccccc4)C2)[C@H](O)C(=O)[C@@H]31. The van der Waals surface area contributed by atoms with Crippen molar-refractivity contribution in [2.45, 2.75) is 159 Å². The predicted octanol–water partition coefficient (Wildman–Crippen LogP) is 7.50. The van der Waals surface area contributed by atoms with Crippen LogP contribution in [0.5, 0.6) is 0 Å². The Kier molecular flexibility index (Phi) is 11.1. The number of aliphatic hydroxyl groups excluding tert-OH is 2. The van der Waals surface area contributed by atoms with Gasteiger partial charge in [0.2, 0.25) is 0 Å². The summed E-state index contributed by atoms with van der Waals surface area (Å²) in [5.41, 5.74) is -3.14. The van der Waals surface area contributed by atoms with E-state index in [2.05, 4.69) is 67.5 Å². The molecule has 2 aromatic rings. The van der Waals surface area contributed by atoms with Crippen molar-refractivity contribution in [3.8, 4) is 0 Å². The number of esters is 2. The van der Waals surface area contributed by atoms with Crippen LogP contribution < -0.4 is 5.32 Å². The number of Topliss-reactive ketones (excluding diaryl/α,β-unsaturated/α-hetero) is 1. The Morgan fingerprint density at radius 2 is 1.81 bits per heavy atom. The standard InChI is InChI=1S/C56H74N2O10/c1-32(2)15-20-53(4)47-46(61)48(62)55(38-12-8-11-34(24-38)23-33-9-6-5-7-10-33)43(54(47)30-65-45(60)27-44(54)67-53)16-19-52(3)49(66-51(63)50-56(52,55)68-50)40-18-22-64-42(40)26-37(29-59)35-13-14-39-36(25-35)17-21-58-31-57-28-41(39)58/h5-7,9-10,17-18,21-22,32,34-39,41,43-44,47-50,57,59,62H,8,11-16,19-20,23-31H2,1-4H3/t34-,35-,36+,37+,38-,39+,41-,43+,44-,47+,48+,49-,50+,52-,53-,54-,55-,56+/m0/s1. The zero-order valence-corrected chi connectivity index (χ0v) is 40.6. The molecule has 5 saturated heterocycles. The number of furan rings is 1. The minimum absolute atomic E-state index is 0.0257. The van der Waals surface area contributed by atoms with E-state index in [9.17, 15) is 19.8 Å². The van der Waals surface area contributed by atoms with Gasteiger partial charge in [-0.05, 0) is 136 Å². The molecule has 0 amide bonds. The number of aliphatic hydroxyl groups is 2. The van der Waals surface area contributed by atoms with Crippen LogP contribution in [0, 0.1) is 69.5 Å². The molecule has 368 valence electrons. The molecule has 9 fully saturated rings. The molecule has 3 N–H and O–H groups in total. The largest absolute Gasteiger partial charge is 0.469 e. The number of hydrogen-bond donors (Lipinski definition) is 3. The van der Waals surface area contributed by atoms with Gasteiger partial charge in [0.25, 0.3) is 0 Å². The number of benzene rings is 1. The van der Waals surface area contributed by atoms with E-state index in [0.717, 1.165) is 76.6 Å². The van der Waals surface area contributed by atoms with Gasteiger partial charge in [-0.2, -0.15) is 0 Å². The highest BCUT2D eigenvalue weighted by Crippen LogP contribution is 2.83. The summed E-state index contributed by atoms with van der Waals surface area (Å²) in [6.45, 7) is 10.5. The number of carbonyl (C=O) groups is 3. The topological polar surface area (TPSA) is 160 Å². The van der Waals surface area contributed by atoms with E-state index in [0.29, 0.717) is 61.2 Å². The normalized spacial score (nSPS) is 46.0. The summed E-state index contributed by atoms with van der Waals surface area (Å²) in [4.78, 5) is 46.7. The van der Waals surface area contributed by atoms with Gasteiger partial charge in [-0.15, -0.1) is 0 Å². The van der Waals surface area contributed by atoms with E-state index in [1.165, 1.54) is 5.56 Å². The van der Waals surface area contributed by atoms with Crippen molar-refractivity contribution >= 4 is 17.7 Å². The first-order valence-corrected chi connectivity index (χ1v) is 26.6. The molecule has 0 bridgehead atoms. The number of nitrogens with zero attached hydrogens (tertiary/aromatic N) is 1. The lowest BCUT2D eigenvalue weighted by Crippen LogP contribution is -2.79. The van der Waals surface area contributed by atoms with Gasteiger partial charge < -0.3 is 38.5 Å². The van der Waals surface area contributed by atoms with Crippen LogP contribution in [0.25, 0.3) is 0 Å². The molecule has 2 spiro atoms. The lowest BCUT2D eigenvalue weighted by atomic mass is 9.32. The predicted molar refractivity (Wildman–Crippen MR) is 250 cm³/mol. The summed E-state index contributed by atoms with van der Waals surface area (Å²) in [7, 11) is 0. The lowest BCUT2D eigenvalue weighted by Gasteiger charge is -2.70. The van der Waals surface area contributed by atoms with Crippen molar-refractivity contribution < 1.29 is 48.0 Å². The monoisotopic (exact) mass is 935 g/mol. The fraction of sp³-hybridized carbons (Fsp3) is 0.732. The third-order valence-electron chi connectivity index (χ3n) is 20.9. The number of hydrogen-bond acceptors (Lipinski definition) is 12. The molecule has 12 heteroatoms. The fourth-order valence-electron chi connectivity index (χ4n) is 18.0. The Hall–Kier alpha value is -3.55. The molecule has 7 heterocycles. The summed E-state index contributed by atoms with van der Waals surface area (Å²) in [5.74, 6) is 0.414. The highest BCUT2D eigenvalue weighted by Gasteiger charge is 2.93. The quantitative estimate of drug-likeness (QED) is 0.151. The highest BCUT2D eigenvalue weighted by atomic mass is 16.7. The van der Waals surface area contributed by atoms with Crippen molar-refractivity contribution in [3.05, 3.63) is 71.8 Å². The number of rotatable bonds is 11. The molecule has 4 saturated carbocycles. The number of allylic oxidation sites excluding steroid dienone is 1. The van der Waals surface area contributed by atoms with E-state index in [1.807, 2.05) is 19.1 Å². The maximum Gasteiger partial charge on any atom is 0.339 e. The molecule has 18 atom stereocenters. The molecule has 6 aliphatic heterocycles. The van der Waals surface area contributed by atoms with Crippen molar-refractivity contribution in [2.75, 3.05) is 26.4 Å². The van der Waals surface area contributed by atoms with E-state index in [-0.39, 0.29) is 55.1 Å². The average Bonchev–Trinajstić information content (AvgIpc) is 3.57. The van der Waals surface area contributed by atoms with Crippen LogP contribution in [0.2, 0.25) is 0 Å². The molecular formula is C56H74N2O10. The Balaban J connectivity index is 0.942. The first kappa shape index (κ1) is 45.6. The van der Waals surface area contributed by atoms with Crippen LogP contribution in [0.4, 0.5) is 0 Å². The minimum atomic E-state index is -1.45. The molecule has 12 nitrogen and oxygen atoms in total. The molecule has 0 radical (unpaired) electrons. The van der Waals surface area contributed by atoms with Crippen molar-refractivity contribution in [1.29, 1.82) is 0 Å². The fourth-order valence-corrected chi connectivity index (χ4v) is 18.0. The van der Waals surface area contributed by atoms with Gasteiger partial charge in [0.1, 0.15) is 30.2 Å². The van der Waals surface area contributed by atoms with E-state index < -0.39 is 63.8 Å². The number of cyclic esters (lactones) is 2. The smallest absolute Gasteiger partial charge is 0.339 e. The summed E-state index contributed by atoms with van der Waals surface area (Å²) in [6, 6.07) is 13.1. The molecule has 12 rings (SSSR count). The zero-order chi connectivity index (χ0) is 47.0. The van der Waals surface area contributed by atoms with Crippen LogP contribution in [0.15, 0.2) is 59.4 Å². The third-order valence-corrected chi connectivity index (χ3v) is 20.9. The van der Waals surface area contributed by atoms with Gasteiger partial charge >= 0.3 is 11.9 Å². The second kappa shape index (κ2) is 16.5. The van der Waals surface area contributed by atoms with Gasteiger partial charge in [0.15, 0.2) is 11.9 Å². The Labute approximate surface area is 401 Å². The summed E-state index contributed by atoms with van der Waals surface area (Å²) < 4.78 is 33.6. The molecule has 0 unspecified atom stereocenters. The second-order valence-corrected chi connectivity index (χ2v) is 24.4. The first-order valence-electron chi connectivity index (χ1n) is 26.6. The Morgan fingerprint density at radius 1 is 0.971 bits per heavy atom. The molecule has 4 aliphatic carbocycles. The van der Waals surface area contributed by atoms with E-state index >= 15 is 4.79 Å². The van der Waals surface area contributed by atoms with Gasteiger partial charge in [-0.1, -0.05) is 70.0 Å².